The van der Waals surface area contributed by atoms with Crippen molar-refractivity contribution in [2.75, 3.05) is 0 Å². The SMILES string of the molecule is Cc1cccc2[nH]c(C3(N)CCCC3)nc12. The van der Waals surface area contributed by atoms with Gasteiger partial charge in [0.05, 0.1) is 16.6 Å². The van der Waals surface area contributed by atoms with Crippen molar-refractivity contribution in [2.45, 2.75) is 38.1 Å². The van der Waals surface area contributed by atoms with Gasteiger partial charge in [-0.1, -0.05) is 25.0 Å². The van der Waals surface area contributed by atoms with Gasteiger partial charge in [0.1, 0.15) is 5.82 Å². The lowest BCUT2D eigenvalue weighted by Crippen LogP contribution is -2.34. The molecule has 0 aliphatic heterocycles. The predicted octanol–water partition coefficient (Wildman–Crippen LogP) is 2.60. The molecule has 16 heavy (non-hydrogen) atoms. The maximum absolute atomic E-state index is 6.40. The Labute approximate surface area is 95.1 Å². The fourth-order valence-corrected chi connectivity index (χ4v) is 2.65. The van der Waals surface area contributed by atoms with Gasteiger partial charge in [0.15, 0.2) is 0 Å². The zero-order valence-corrected chi connectivity index (χ0v) is 9.59. The van der Waals surface area contributed by atoms with Crippen molar-refractivity contribution in [2.24, 2.45) is 5.73 Å². The molecule has 1 saturated carbocycles. The number of hydrogen-bond acceptors (Lipinski definition) is 2. The van der Waals surface area contributed by atoms with Gasteiger partial charge in [0, 0.05) is 0 Å². The van der Waals surface area contributed by atoms with E-state index in [-0.39, 0.29) is 5.54 Å². The molecule has 0 saturated heterocycles. The summed E-state index contributed by atoms with van der Waals surface area (Å²) in [5.41, 5.74) is 9.56. The van der Waals surface area contributed by atoms with Crippen LogP contribution in [0, 0.1) is 6.92 Å². The predicted molar refractivity (Wildman–Crippen MR) is 65.2 cm³/mol. The molecule has 3 heteroatoms. The molecule has 0 bridgehead atoms. The standard InChI is InChI=1S/C13H17N3/c1-9-5-4-6-10-11(9)16-12(15-10)13(14)7-2-3-8-13/h4-6H,2-3,7-8,14H2,1H3,(H,15,16). The maximum atomic E-state index is 6.40. The summed E-state index contributed by atoms with van der Waals surface area (Å²) in [5.74, 6) is 0.967. The third-order valence-electron chi connectivity index (χ3n) is 3.68. The fourth-order valence-electron chi connectivity index (χ4n) is 2.65. The van der Waals surface area contributed by atoms with Crippen LogP contribution >= 0.6 is 0 Å². The molecule has 2 aromatic rings. The average molecular weight is 215 g/mol. The summed E-state index contributed by atoms with van der Waals surface area (Å²) in [7, 11) is 0. The lowest BCUT2D eigenvalue weighted by Gasteiger charge is -2.20. The van der Waals surface area contributed by atoms with E-state index >= 15 is 0 Å². The van der Waals surface area contributed by atoms with Crippen molar-refractivity contribution in [3.63, 3.8) is 0 Å². The summed E-state index contributed by atoms with van der Waals surface area (Å²) >= 11 is 0. The van der Waals surface area contributed by atoms with E-state index in [1.807, 2.05) is 0 Å². The number of aryl methyl sites for hydroxylation is 1. The molecule has 0 unspecified atom stereocenters. The number of aromatic amines is 1. The Kier molecular flexibility index (Phi) is 2.04. The number of fused-ring (bicyclic) bond motifs is 1. The number of hydrogen-bond donors (Lipinski definition) is 2. The molecule has 3 N–H and O–H groups in total. The molecule has 0 atom stereocenters. The smallest absolute Gasteiger partial charge is 0.127 e. The molecule has 1 aromatic heterocycles. The number of rotatable bonds is 1. The number of para-hydroxylation sites is 1. The van der Waals surface area contributed by atoms with Crippen molar-refractivity contribution in [1.82, 2.24) is 9.97 Å². The highest BCUT2D eigenvalue weighted by Gasteiger charge is 2.34. The average Bonchev–Trinajstić information content (AvgIpc) is 2.85. The van der Waals surface area contributed by atoms with Crippen LogP contribution in [0.15, 0.2) is 18.2 Å². The third-order valence-corrected chi connectivity index (χ3v) is 3.68. The van der Waals surface area contributed by atoms with Gasteiger partial charge >= 0.3 is 0 Å². The molecule has 1 aliphatic rings. The summed E-state index contributed by atoms with van der Waals surface area (Å²) in [6, 6.07) is 6.21. The molecule has 1 aromatic carbocycles. The molecule has 1 fully saturated rings. The highest BCUT2D eigenvalue weighted by atomic mass is 15.0. The molecular formula is C13H17N3. The number of aromatic nitrogens is 2. The quantitative estimate of drug-likeness (QED) is 0.768. The lowest BCUT2D eigenvalue weighted by atomic mass is 9.99. The number of benzene rings is 1. The van der Waals surface area contributed by atoms with Crippen molar-refractivity contribution < 1.29 is 0 Å². The summed E-state index contributed by atoms with van der Waals surface area (Å²) in [4.78, 5) is 8.07. The van der Waals surface area contributed by atoms with Crippen molar-refractivity contribution in [3.8, 4) is 0 Å². The molecule has 3 nitrogen and oxygen atoms in total. The number of imidazole rings is 1. The van der Waals surface area contributed by atoms with Crippen LogP contribution in [0.5, 0.6) is 0 Å². The summed E-state index contributed by atoms with van der Waals surface area (Å²) < 4.78 is 0. The largest absolute Gasteiger partial charge is 0.340 e. The van der Waals surface area contributed by atoms with Crippen LogP contribution in [-0.4, -0.2) is 9.97 Å². The Morgan fingerprint density at radius 3 is 2.75 bits per heavy atom. The van der Waals surface area contributed by atoms with Crippen LogP contribution in [-0.2, 0) is 5.54 Å². The molecule has 1 aliphatic carbocycles. The third kappa shape index (κ3) is 1.35. The van der Waals surface area contributed by atoms with E-state index < -0.39 is 0 Å². The number of nitrogens with zero attached hydrogens (tertiary/aromatic N) is 1. The molecule has 1 heterocycles. The van der Waals surface area contributed by atoms with Crippen LogP contribution in [0.2, 0.25) is 0 Å². The summed E-state index contributed by atoms with van der Waals surface area (Å²) in [6.07, 6.45) is 4.52. The Hall–Kier alpha value is -1.35. The second kappa shape index (κ2) is 3.32. The van der Waals surface area contributed by atoms with Crippen LogP contribution < -0.4 is 5.73 Å². The first-order valence-electron chi connectivity index (χ1n) is 5.94. The topological polar surface area (TPSA) is 54.7 Å². The Morgan fingerprint density at radius 1 is 1.31 bits per heavy atom. The monoisotopic (exact) mass is 215 g/mol. The molecule has 84 valence electrons. The van der Waals surface area contributed by atoms with Gasteiger partial charge in [-0.05, 0) is 31.4 Å². The number of H-pyrrole nitrogens is 1. The van der Waals surface area contributed by atoms with Gasteiger partial charge in [-0.2, -0.15) is 0 Å². The highest BCUT2D eigenvalue weighted by Crippen LogP contribution is 2.35. The van der Waals surface area contributed by atoms with E-state index in [0.717, 1.165) is 29.7 Å². The summed E-state index contributed by atoms with van der Waals surface area (Å²) in [6.45, 7) is 2.09. The van der Waals surface area contributed by atoms with Gasteiger partial charge in [0.2, 0.25) is 0 Å². The minimum Gasteiger partial charge on any atom is -0.340 e. The number of nitrogens with two attached hydrogens (primary N) is 1. The Bertz CT molecular complexity index is 521. The first-order chi connectivity index (χ1) is 7.69. The maximum Gasteiger partial charge on any atom is 0.127 e. The van der Waals surface area contributed by atoms with Gasteiger partial charge in [-0.25, -0.2) is 4.98 Å². The Balaban J connectivity index is 2.15. The van der Waals surface area contributed by atoms with E-state index in [1.165, 1.54) is 18.4 Å². The van der Waals surface area contributed by atoms with E-state index in [0.29, 0.717) is 0 Å². The fraction of sp³-hybridized carbons (Fsp3) is 0.462. The Morgan fingerprint density at radius 2 is 2.06 bits per heavy atom. The zero-order valence-electron chi connectivity index (χ0n) is 9.59. The van der Waals surface area contributed by atoms with Crippen LogP contribution in [0.25, 0.3) is 11.0 Å². The highest BCUT2D eigenvalue weighted by molar-refractivity contribution is 5.78. The molecule has 0 amide bonds. The molecular weight excluding hydrogens is 198 g/mol. The van der Waals surface area contributed by atoms with E-state index in [1.54, 1.807) is 0 Å². The number of nitrogens with one attached hydrogen (secondary N) is 1. The normalized spacial score (nSPS) is 19.4. The van der Waals surface area contributed by atoms with E-state index in [4.69, 9.17) is 5.73 Å². The first kappa shape index (κ1) is 9.85. The lowest BCUT2D eigenvalue weighted by molar-refractivity contribution is 0.437. The van der Waals surface area contributed by atoms with E-state index in [2.05, 4.69) is 35.1 Å². The minimum atomic E-state index is -0.217. The van der Waals surface area contributed by atoms with Crippen LogP contribution in [0.3, 0.4) is 0 Å². The van der Waals surface area contributed by atoms with Gasteiger partial charge in [0.25, 0.3) is 0 Å². The van der Waals surface area contributed by atoms with Gasteiger partial charge in [-0.3, -0.25) is 0 Å². The van der Waals surface area contributed by atoms with E-state index in [9.17, 15) is 0 Å². The molecule has 3 rings (SSSR count). The van der Waals surface area contributed by atoms with Crippen molar-refractivity contribution in [1.29, 1.82) is 0 Å². The first-order valence-corrected chi connectivity index (χ1v) is 5.94. The zero-order chi connectivity index (χ0) is 11.2. The minimum absolute atomic E-state index is 0.217. The van der Waals surface area contributed by atoms with Crippen molar-refractivity contribution >= 4 is 11.0 Å². The van der Waals surface area contributed by atoms with Gasteiger partial charge < -0.3 is 10.7 Å². The molecule has 0 spiro atoms. The van der Waals surface area contributed by atoms with Gasteiger partial charge in [-0.15, -0.1) is 0 Å². The second-order valence-corrected chi connectivity index (χ2v) is 4.92. The van der Waals surface area contributed by atoms with Crippen LogP contribution in [0.1, 0.15) is 37.1 Å². The molecule has 0 radical (unpaired) electrons. The summed E-state index contributed by atoms with van der Waals surface area (Å²) in [5, 5.41) is 0. The second-order valence-electron chi connectivity index (χ2n) is 4.92. The van der Waals surface area contributed by atoms with Crippen molar-refractivity contribution in [3.05, 3.63) is 29.6 Å². The van der Waals surface area contributed by atoms with Crippen LogP contribution in [0.4, 0.5) is 0 Å².